The van der Waals surface area contributed by atoms with Gasteiger partial charge in [-0.2, -0.15) is 4.39 Å². The largest absolute Gasteiger partial charge is 0.326 e. The smallest absolute Gasteiger partial charge is 0.268 e. The molecule has 0 amide bonds. The van der Waals surface area contributed by atoms with Gasteiger partial charge in [-0.25, -0.2) is 13.8 Å². The monoisotopic (exact) mass is 204 g/mol. The quantitative estimate of drug-likeness (QED) is 0.598. The van der Waals surface area contributed by atoms with Crippen LogP contribution in [-0.2, 0) is 6.54 Å². The maximum atomic E-state index is 12.9. The van der Waals surface area contributed by atoms with Crippen molar-refractivity contribution < 1.29 is 18.0 Å². The van der Waals surface area contributed by atoms with Gasteiger partial charge in [-0.1, -0.05) is 0 Å². The van der Waals surface area contributed by atoms with Gasteiger partial charge in [0.05, 0.1) is 5.56 Å². The lowest BCUT2D eigenvalue weighted by atomic mass is 10.1. The first kappa shape index (κ1) is 10.6. The van der Waals surface area contributed by atoms with E-state index in [1.807, 2.05) is 0 Å². The summed E-state index contributed by atoms with van der Waals surface area (Å²) >= 11 is 0. The summed E-state index contributed by atoms with van der Waals surface area (Å²) in [6, 6.07) is 1.05. The van der Waals surface area contributed by atoms with Crippen molar-refractivity contribution in [1.82, 2.24) is 4.98 Å². The van der Waals surface area contributed by atoms with Crippen molar-refractivity contribution in [2.75, 3.05) is 0 Å². The first-order valence-corrected chi connectivity index (χ1v) is 3.72. The molecule has 1 aromatic heterocycles. The lowest BCUT2D eigenvalue weighted by Gasteiger charge is -2.07. The number of nitrogens with two attached hydrogens (primary N) is 1. The Labute approximate surface area is 77.7 Å². The lowest BCUT2D eigenvalue weighted by molar-refractivity contribution is 0.111. The molecule has 76 valence electrons. The maximum absolute atomic E-state index is 12.9. The summed E-state index contributed by atoms with van der Waals surface area (Å²) in [7, 11) is 0. The first-order valence-electron chi connectivity index (χ1n) is 3.72. The molecule has 0 saturated heterocycles. The summed E-state index contributed by atoms with van der Waals surface area (Å²) in [6.45, 7) is -0.264. The van der Waals surface area contributed by atoms with Crippen LogP contribution >= 0.6 is 0 Å². The van der Waals surface area contributed by atoms with Crippen LogP contribution in [0.3, 0.4) is 0 Å². The van der Waals surface area contributed by atoms with E-state index in [9.17, 15) is 18.0 Å². The molecule has 0 atom stereocenters. The van der Waals surface area contributed by atoms with Gasteiger partial charge in [0.25, 0.3) is 6.43 Å². The first-order chi connectivity index (χ1) is 6.60. The van der Waals surface area contributed by atoms with E-state index in [0.717, 1.165) is 6.07 Å². The van der Waals surface area contributed by atoms with Crippen LogP contribution in [0.5, 0.6) is 0 Å². The number of carbonyl (C=O) groups is 1. The minimum absolute atomic E-state index is 0.102. The molecular formula is C8H7F3N2O. The zero-order valence-electron chi connectivity index (χ0n) is 7.01. The van der Waals surface area contributed by atoms with E-state index in [-0.39, 0.29) is 24.1 Å². The van der Waals surface area contributed by atoms with Gasteiger partial charge in [0.1, 0.15) is 5.69 Å². The van der Waals surface area contributed by atoms with Crippen LogP contribution in [0.15, 0.2) is 6.07 Å². The third-order valence-corrected chi connectivity index (χ3v) is 1.68. The summed E-state index contributed by atoms with van der Waals surface area (Å²) in [6.07, 6.45) is -2.71. The standard InChI is InChI=1S/C8H7F3N2O/c9-7(10)6-4(2-12)1-5(3-14)13-8(6)11/h1,3,7H,2,12H2. The van der Waals surface area contributed by atoms with Gasteiger partial charge in [-0.15, -0.1) is 0 Å². The fourth-order valence-corrected chi connectivity index (χ4v) is 1.05. The second kappa shape index (κ2) is 4.19. The van der Waals surface area contributed by atoms with Gasteiger partial charge in [0.15, 0.2) is 6.29 Å². The molecule has 0 radical (unpaired) electrons. The third-order valence-electron chi connectivity index (χ3n) is 1.68. The number of aromatic nitrogens is 1. The maximum Gasteiger partial charge on any atom is 0.268 e. The van der Waals surface area contributed by atoms with Crippen molar-refractivity contribution in [3.05, 3.63) is 28.8 Å². The molecule has 0 fully saturated rings. The van der Waals surface area contributed by atoms with Crippen molar-refractivity contribution in [2.45, 2.75) is 13.0 Å². The van der Waals surface area contributed by atoms with Crippen LogP contribution in [0.4, 0.5) is 13.2 Å². The molecule has 0 spiro atoms. The number of pyridine rings is 1. The van der Waals surface area contributed by atoms with E-state index in [1.165, 1.54) is 0 Å². The molecule has 0 aromatic carbocycles. The Morgan fingerprint density at radius 1 is 1.57 bits per heavy atom. The third kappa shape index (κ3) is 1.90. The molecule has 0 aliphatic carbocycles. The van der Waals surface area contributed by atoms with Crippen molar-refractivity contribution in [3.8, 4) is 0 Å². The molecule has 0 unspecified atom stereocenters. The zero-order chi connectivity index (χ0) is 10.7. The molecule has 0 aliphatic rings. The predicted octanol–water partition coefficient (Wildman–Crippen LogP) is 1.43. The predicted molar refractivity (Wildman–Crippen MR) is 42.4 cm³/mol. The Bertz CT molecular complexity index is 355. The highest BCUT2D eigenvalue weighted by atomic mass is 19.3. The summed E-state index contributed by atoms with van der Waals surface area (Å²) < 4.78 is 37.5. The molecule has 0 aliphatic heterocycles. The molecule has 2 N–H and O–H groups in total. The van der Waals surface area contributed by atoms with E-state index < -0.39 is 17.9 Å². The number of nitrogens with zero attached hydrogens (tertiary/aromatic N) is 1. The highest BCUT2D eigenvalue weighted by Crippen LogP contribution is 2.25. The van der Waals surface area contributed by atoms with Gasteiger partial charge in [-0.3, -0.25) is 4.79 Å². The van der Waals surface area contributed by atoms with E-state index in [4.69, 9.17) is 5.73 Å². The van der Waals surface area contributed by atoms with Gasteiger partial charge in [0.2, 0.25) is 5.95 Å². The molecular weight excluding hydrogens is 197 g/mol. The average Bonchev–Trinajstić information content (AvgIpc) is 2.15. The Balaban J connectivity index is 3.34. The van der Waals surface area contributed by atoms with Gasteiger partial charge < -0.3 is 5.73 Å². The highest BCUT2D eigenvalue weighted by molar-refractivity contribution is 5.72. The van der Waals surface area contributed by atoms with Crippen molar-refractivity contribution in [1.29, 1.82) is 0 Å². The van der Waals surface area contributed by atoms with Crippen LogP contribution in [-0.4, -0.2) is 11.3 Å². The fourth-order valence-electron chi connectivity index (χ4n) is 1.05. The molecule has 1 rings (SSSR count). The van der Waals surface area contributed by atoms with Crippen LogP contribution < -0.4 is 5.73 Å². The lowest BCUT2D eigenvalue weighted by Crippen LogP contribution is -2.08. The van der Waals surface area contributed by atoms with E-state index >= 15 is 0 Å². The molecule has 1 heterocycles. The Kier molecular flexibility index (Phi) is 3.19. The summed E-state index contributed by atoms with van der Waals surface area (Å²) in [5.74, 6) is -1.34. The molecule has 14 heavy (non-hydrogen) atoms. The van der Waals surface area contributed by atoms with Crippen LogP contribution in [0.25, 0.3) is 0 Å². The Morgan fingerprint density at radius 2 is 2.21 bits per heavy atom. The number of hydrogen-bond acceptors (Lipinski definition) is 3. The summed E-state index contributed by atoms with van der Waals surface area (Å²) in [4.78, 5) is 13.3. The Morgan fingerprint density at radius 3 is 2.64 bits per heavy atom. The van der Waals surface area contributed by atoms with Crippen molar-refractivity contribution in [2.24, 2.45) is 5.73 Å². The van der Waals surface area contributed by atoms with Gasteiger partial charge in [-0.05, 0) is 11.6 Å². The minimum Gasteiger partial charge on any atom is -0.326 e. The summed E-state index contributed by atoms with van der Waals surface area (Å²) in [5.41, 5.74) is 3.96. The average molecular weight is 204 g/mol. The Hall–Kier alpha value is -1.43. The molecule has 0 saturated carbocycles. The normalized spacial score (nSPS) is 10.6. The SMILES string of the molecule is NCc1cc(C=O)nc(F)c1C(F)F. The second-order valence-corrected chi connectivity index (χ2v) is 2.53. The fraction of sp³-hybridized carbons (Fsp3) is 0.250. The van der Waals surface area contributed by atoms with Crippen LogP contribution in [0.1, 0.15) is 28.0 Å². The van der Waals surface area contributed by atoms with Crippen molar-refractivity contribution in [3.63, 3.8) is 0 Å². The van der Waals surface area contributed by atoms with E-state index in [1.54, 1.807) is 0 Å². The molecule has 6 heteroatoms. The second-order valence-electron chi connectivity index (χ2n) is 2.53. The topological polar surface area (TPSA) is 56.0 Å². The van der Waals surface area contributed by atoms with E-state index in [0.29, 0.717) is 0 Å². The number of rotatable bonds is 3. The number of alkyl halides is 2. The number of hydrogen-bond donors (Lipinski definition) is 1. The number of carbonyl (C=O) groups excluding carboxylic acids is 1. The van der Waals surface area contributed by atoms with Crippen LogP contribution in [0, 0.1) is 5.95 Å². The molecule has 3 nitrogen and oxygen atoms in total. The van der Waals surface area contributed by atoms with Gasteiger partial charge in [0, 0.05) is 6.54 Å². The zero-order valence-corrected chi connectivity index (χ0v) is 7.01. The number of halogens is 3. The van der Waals surface area contributed by atoms with Crippen molar-refractivity contribution >= 4 is 6.29 Å². The minimum atomic E-state index is -2.98. The molecule has 1 aromatic rings. The molecule has 0 bridgehead atoms. The highest BCUT2D eigenvalue weighted by Gasteiger charge is 2.19. The van der Waals surface area contributed by atoms with Gasteiger partial charge >= 0.3 is 0 Å². The summed E-state index contributed by atoms with van der Waals surface area (Å²) in [5, 5.41) is 0. The number of aldehydes is 1. The van der Waals surface area contributed by atoms with E-state index in [2.05, 4.69) is 4.98 Å². The van der Waals surface area contributed by atoms with Crippen LogP contribution in [0.2, 0.25) is 0 Å².